The first-order valence-corrected chi connectivity index (χ1v) is 4.44. The Kier molecular flexibility index (Phi) is 29.9. The van der Waals surface area contributed by atoms with Crippen molar-refractivity contribution in [2.24, 2.45) is 0 Å². The molecule has 0 spiro atoms. The zero-order valence-electron chi connectivity index (χ0n) is 4.32. The molecule has 0 heterocycles. The van der Waals surface area contributed by atoms with E-state index in [1.165, 1.54) is 0 Å². The molecule has 0 fully saturated rings. The van der Waals surface area contributed by atoms with Crippen molar-refractivity contribution in [2.75, 3.05) is 0 Å². The second kappa shape index (κ2) is 13.0. The Labute approximate surface area is 141 Å². The van der Waals surface area contributed by atoms with Crippen molar-refractivity contribution >= 4 is 107 Å². The maximum absolute atomic E-state index is 8.88. The van der Waals surface area contributed by atoms with Crippen LogP contribution >= 0.6 is 7.82 Å². The molecule has 0 radical (unpaired) electrons. The zero-order chi connectivity index (χ0) is 9.00. The van der Waals surface area contributed by atoms with E-state index in [2.05, 4.69) is 0 Å². The predicted molar refractivity (Wildman–Crippen MR) is 49.9 cm³/mol. The molecule has 13 heavy (non-hydrogen) atoms. The van der Waals surface area contributed by atoms with Gasteiger partial charge in [0.2, 0.25) is 0 Å². The van der Waals surface area contributed by atoms with Gasteiger partial charge in [0.15, 0.2) is 0 Å². The van der Waals surface area contributed by atoms with Crippen LogP contribution in [0.25, 0.3) is 0 Å². The first-order chi connectivity index (χ1) is 4.00. The van der Waals surface area contributed by atoms with Crippen molar-refractivity contribution < 1.29 is 36.8 Å². The van der Waals surface area contributed by atoms with E-state index in [0.717, 1.165) is 0 Å². The van der Waals surface area contributed by atoms with Crippen molar-refractivity contribution in [3.63, 3.8) is 0 Å². The fourth-order valence-corrected chi connectivity index (χ4v) is 0. The Balaban J connectivity index is -0.0000000267. The summed E-state index contributed by atoms with van der Waals surface area (Å²) in [5.41, 5.74) is 0. The Morgan fingerprint density at radius 2 is 0.846 bits per heavy atom. The average molecular weight is 268 g/mol. The van der Waals surface area contributed by atoms with E-state index < -0.39 is 18.2 Å². The van der Waals surface area contributed by atoms with Crippen LogP contribution in [0.1, 0.15) is 0 Å². The molecule has 5 N–H and O–H groups in total. The van der Waals surface area contributed by atoms with Crippen LogP contribution in [-0.4, -0.2) is 121 Å². The molecule has 13 heteroatoms. The third-order valence-electron chi connectivity index (χ3n) is 0. The van der Waals surface area contributed by atoms with Crippen LogP contribution in [0.5, 0.6) is 0 Å². The maximum atomic E-state index is 8.88. The fraction of sp³-hybridized carbons (Fsp3) is 0. The summed E-state index contributed by atoms with van der Waals surface area (Å²) in [4.78, 5) is 21.6. The van der Waals surface area contributed by atoms with Crippen molar-refractivity contribution in [2.45, 2.75) is 0 Å². The summed E-state index contributed by atoms with van der Waals surface area (Å²) in [5.74, 6) is 0. The second-order valence-corrected chi connectivity index (χ2v) is 2.88. The van der Waals surface area contributed by atoms with Crippen molar-refractivity contribution in [1.82, 2.24) is 0 Å². The van der Waals surface area contributed by atoms with E-state index in [9.17, 15) is 0 Å². The van der Waals surface area contributed by atoms with Crippen LogP contribution < -0.4 is 0 Å². The third kappa shape index (κ3) is 284. The first kappa shape index (κ1) is 29.7. The van der Waals surface area contributed by atoms with Gasteiger partial charge < -0.3 is 14.7 Å². The first-order valence-electron chi connectivity index (χ1n) is 1.48. The number of phosphoric acid groups is 1. The Morgan fingerprint density at radius 1 is 0.846 bits per heavy atom. The minimum absolute atomic E-state index is 0. The van der Waals surface area contributed by atoms with Crippen LogP contribution in [0.4, 0.5) is 0 Å². The molecule has 0 saturated heterocycles. The van der Waals surface area contributed by atoms with Gasteiger partial charge in [-0.3, -0.25) is 9.11 Å². The van der Waals surface area contributed by atoms with E-state index >= 15 is 0 Å². The van der Waals surface area contributed by atoms with E-state index in [1.807, 2.05) is 0 Å². The van der Waals surface area contributed by atoms with Gasteiger partial charge in [-0.05, 0) is 0 Å². The van der Waals surface area contributed by atoms with Gasteiger partial charge in [-0.25, -0.2) is 4.57 Å². The Bertz CT molecular complexity index is 197. The number of rotatable bonds is 0. The third-order valence-corrected chi connectivity index (χ3v) is 0. The van der Waals surface area contributed by atoms with Crippen molar-refractivity contribution in [3.05, 3.63) is 0 Å². The topological polar surface area (TPSA) is 152 Å². The van der Waals surface area contributed by atoms with Gasteiger partial charge in [-0.15, -0.1) is 0 Å². The van der Waals surface area contributed by atoms with Crippen LogP contribution in [0, 0.1) is 0 Å². The quantitative estimate of drug-likeness (QED) is 0.172. The van der Waals surface area contributed by atoms with E-state index in [4.69, 9.17) is 36.8 Å². The molecule has 0 aliphatic carbocycles. The molecule has 0 aliphatic rings. The van der Waals surface area contributed by atoms with Crippen LogP contribution in [0.2, 0.25) is 0 Å². The summed E-state index contributed by atoms with van der Waals surface area (Å²) < 4.78 is 40.5. The monoisotopic (exact) mass is 268 g/mol. The summed E-state index contributed by atoms with van der Waals surface area (Å²) in [6.07, 6.45) is 0. The van der Waals surface area contributed by atoms with E-state index in [1.54, 1.807) is 0 Å². The molecule has 0 aromatic rings. The van der Waals surface area contributed by atoms with E-state index in [-0.39, 0.29) is 88.7 Å². The van der Waals surface area contributed by atoms with Crippen LogP contribution in [0.15, 0.2) is 0 Å². The van der Waals surface area contributed by atoms with Gasteiger partial charge >= 0.3 is 107 Å². The molecule has 0 saturated carbocycles. The zero-order valence-corrected chi connectivity index (χ0v) is 6.03. The summed E-state index contributed by atoms with van der Waals surface area (Å²) in [6.45, 7) is 0. The number of hydrogen-bond donors (Lipinski definition) is 5. The fourth-order valence-electron chi connectivity index (χ4n) is 0. The normalized spacial score (nSPS) is 9.00. The molecule has 0 aromatic heterocycles. The Hall–Kier alpha value is 2.98. The van der Waals surface area contributed by atoms with Gasteiger partial charge in [0.1, 0.15) is 0 Å². The molecular weight excluding hydrogens is 260 g/mol. The van der Waals surface area contributed by atoms with Crippen molar-refractivity contribution in [3.8, 4) is 0 Å². The van der Waals surface area contributed by atoms with Crippen LogP contribution in [-0.2, 0) is 15.0 Å². The molecular formula is H8Na3O8PS. The minimum atomic E-state index is -4.67. The van der Waals surface area contributed by atoms with Gasteiger partial charge in [-0.2, -0.15) is 8.42 Å². The summed E-state index contributed by atoms with van der Waals surface area (Å²) >= 11 is 0. The predicted octanol–water partition coefficient (Wildman–Crippen LogP) is -3.53. The standard InChI is InChI=1S/3Na.H3O4P.H2O4S.3H/c;;;2*1-5(2,3)4;;;/h;;;(H3,1,2,3,4);(H2,1,2,3,4);;;. The van der Waals surface area contributed by atoms with Crippen molar-refractivity contribution in [1.29, 1.82) is 0 Å². The SMILES string of the molecule is O=P(O)(O)O.O=S(=O)(O)O.[NaH].[NaH].[NaH]. The molecule has 0 rings (SSSR count). The molecule has 0 bridgehead atoms. The number of hydrogen-bond acceptors (Lipinski definition) is 3. The Morgan fingerprint density at radius 3 is 0.846 bits per heavy atom. The van der Waals surface area contributed by atoms with Gasteiger partial charge in [0, 0.05) is 0 Å². The summed E-state index contributed by atoms with van der Waals surface area (Å²) in [5, 5.41) is 0. The molecule has 0 atom stereocenters. The van der Waals surface area contributed by atoms with Crippen LogP contribution in [0.3, 0.4) is 0 Å². The summed E-state index contributed by atoms with van der Waals surface area (Å²) in [7, 11) is -9.31. The second-order valence-electron chi connectivity index (χ2n) is 0.961. The average Bonchev–Trinajstić information content (AvgIpc) is 1.12. The van der Waals surface area contributed by atoms with Gasteiger partial charge in [-0.1, -0.05) is 0 Å². The molecule has 0 aromatic carbocycles. The molecule has 70 valence electrons. The molecule has 0 amide bonds. The van der Waals surface area contributed by atoms with E-state index in [0.29, 0.717) is 0 Å². The van der Waals surface area contributed by atoms with Gasteiger partial charge in [0.25, 0.3) is 0 Å². The summed E-state index contributed by atoms with van der Waals surface area (Å²) in [6, 6.07) is 0. The molecule has 8 nitrogen and oxygen atoms in total. The molecule has 0 unspecified atom stereocenters. The molecule has 0 aliphatic heterocycles. The van der Waals surface area contributed by atoms with Gasteiger partial charge in [0.05, 0.1) is 0 Å².